The van der Waals surface area contributed by atoms with Crippen LogP contribution in [0, 0.1) is 0 Å². The third-order valence-electron chi connectivity index (χ3n) is 3.95. The van der Waals surface area contributed by atoms with Crippen LogP contribution < -0.4 is 5.73 Å². The Morgan fingerprint density at radius 2 is 2.00 bits per heavy atom. The van der Waals surface area contributed by atoms with Gasteiger partial charge in [0, 0.05) is 0 Å². The van der Waals surface area contributed by atoms with Crippen LogP contribution in [-0.2, 0) is 11.0 Å². The Bertz CT molecular complexity index is 584. The fourth-order valence-corrected chi connectivity index (χ4v) is 2.57. The van der Waals surface area contributed by atoms with Crippen LogP contribution in [0.15, 0.2) is 24.3 Å². The van der Waals surface area contributed by atoms with Gasteiger partial charge in [0.25, 0.3) is 0 Å². The van der Waals surface area contributed by atoms with Gasteiger partial charge in [-0.25, -0.2) is 4.52 Å². The molecule has 5 heteroatoms. The summed E-state index contributed by atoms with van der Waals surface area (Å²) in [4.78, 5) is 0. The topological polar surface area (TPSA) is 52.5 Å². The van der Waals surface area contributed by atoms with Gasteiger partial charge >= 0.3 is 0 Å². The van der Waals surface area contributed by atoms with Crippen LogP contribution >= 0.6 is 0 Å². The second-order valence-electron chi connectivity index (χ2n) is 6.47. The molecule has 0 aromatic carbocycles. The Hall–Kier alpha value is -1.33. The highest BCUT2D eigenvalue weighted by molar-refractivity contribution is 6.74. The van der Waals surface area contributed by atoms with Crippen molar-refractivity contribution in [1.82, 2.24) is 9.61 Å². The fraction of sp³-hybridized carbons (Fsp3) is 0.500. The predicted octanol–water partition coefficient (Wildman–Crippen LogP) is 3.44. The average Bonchev–Trinajstić information content (AvgIpc) is 2.69. The van der Waals surface area contributed by atoms with Crippen molar-refractivity contribution in [2.75, 3.05) is 5.73 Å². The van der Waals surface area contributed by atoms with Gasteiger partial charge in [0.05, 0.1) is 17.8 Å². The summed E-state index contributed by atoms with van der Waals surface area (Å²) in [6.45, 7) is 11.8. The van der Waals surface area contributed by atoms with Gasteiger partial charge in [-0.2, -0.15) is 5.10 Å². The van der Waals surface area contributed by atoms with E-state index in [-0.39, 0.29) is 5.04 Å². The van der Waals surface area contributed by atoms with Crippen LogP contribution in [-0.4, -0.2) is 17.9 Å². The van der Waals surface area contributed by atoms with Crippen molar-refractivity contribution in [1.29, 1.82) is 0 Å². The molecule has 0 atom stereocenters. The zero-order valence-corrected chi connectivity index (χ0v) is 13.4. The molecule has 2 heterocycles. The molecule has 4 nitrogen and oxygen atoms in total. The number of pyridine rings is 1. The van der Waals surface area contributed by atoms with E-state index >= 15 is 0 Å². The molecule has 2 N–H and O–H groups in total. The lowest BCUT2D eigenvalue weighted by Gasteiger charge is -2.35. The Kier molecular flexibility index (Phi) is 3.45. The van der Waals surface area contributed by atoms with Gasteiger partial charge in [-0.1, -0.05) is 26.8 Å². The number of hydrogen-bond donors (Lipinski definition) is 1. The predicted molar refractivity (Wildman–Crippen MR) is 81.6 cm³/mol. The smallest absolute Gasteiger partial charge is 0.192 e. The summed E-state index contributed by atoms with van der Waals surface area (Å²) in [5.41, 5.74) is 7.83. The highest BCUT2D eigenvalue weighted by Gasteiger charge is 2.37. The number of nitrogens with two attached hydrogens (primary N) is 1. The molecule has 0 unspecified atom stereocenters. The molecule has 0 aliphatic rings. The third-order valence-corrected chi connectivity index (χ3v) is 8.43. The van der Waals surface area contributed by atoms with E-state index in [1.807, 2.05) is 24.3 Å². The number of aromatic nitrogens is 2. The van der Waals surface area contributed by atoms with Crippen molar-refractivity contribution >= 4 is 19.7 Å². The van der Waals surface area contributed by atoms with Crippen molar-refractivity contribution in [2.45, 2.75) is 45.5 Å². The summed E-state index contributed by atoms with van der Waals surface area (Å²) in [6, 6.07) is 7.81. The molecule has 0 aliphatic carbocycles. The van der Waals surface area contributed by atoms with Crippen molar-refractivity contribution in [3.8, 4) is 0 Å². The van der Waals surface area contributed by atoms with Crippen LogP contribution in [0.3, 0.4) is 0 Å². The summed E-state index contributed by atoms with van der Waals surface area (Å²) >= 11 is 0. The zero-order valence-electron chi connectivity index (χ0n) is 12.4. The zero-order chi connectivity index (χ0) is 14.3. The number of fused-ring (bicyclic) bond motifs is 1. The minimum Gasteiger partial charge on any atom is -0.411 e. The first kappa shape index (κ1) is 14.1. The van der Waals surface area contributed by atoms with Crippen LogP contribution in [0.25, 0.3) is 5.52 Å². The minimum atomic E-state index is -1.73. The van der Waals surface area contributed by atoms with Gasteiger partial charge in [-0.3, -0.25) is 0 Å². The summed E-state index contributed by atoms with van der Waals surface area (Å²) < 4.78 is 7.93. The van der Waals surface area contributed by atoms with Gasteiger partial charge in [0.15, 0.2) is 8.32 Å². The molecule has 0 fully saturated rings. The molecule has 2 rings (SSSR count). The first-order chi connectivity index (χ1) is 8.71. The first-order valence-corrected chi connectivity index (χ1v) is 9.49. The second-order valence-corrected chi connectivity index (χ2v) is 11.3. The van der Waals surface area contributed by atoms with E-state index in [0.717, 1.165) is 11.2 Å². The van der Waals surface area contributed by atoms with Crippen LogP contribution in [0.1, 0.15) is 26.5 Å². The summed E-state index contributed by atoms with van der Waals surface area (Å²) in [7, 11) is -1.73. The maximum atomic E-state index is 6.17. The van der Waals surface area contributed by atoms with Gasteiger partial charge in [0.1, 0.15) is 5.82 Å². The Morgan fingerprint density at radius 3 is 2.58 bits per heavy atom. The van der Waals surface area contributed by atoms with Crippen molar-refractivity contribution < 1.29 is 4.43 Å². The minimum absolute atomic E-state index is 0.213. The molecular weight excluding hydrogens is 254 g/mol. The number of hydrogen-bond acceptors (Lipinski definition) is 3. The number of anilines is 1. The van der Waals surface area contributed by atoms with E-state index in [1.165, 1.54) is 0 Å². The van der Waals surface area contributed by atoms with Crippen molar-refractivity contribution in [3.63, 3.8) is 0 Å². The van der Waals surface area contributed by atoms with Crippen LogP contribution in [0.4, 0.5) is 5.82 Å². The quantitative estimate of drug-likeness (QED) is 0.874. The molecule has 0 aliphatic heterocycles. The summed E-state index contributed by atoms with van der Waals surface area (Å²) in [5.74, 6) is 0.649. The molecule has 0 saturated heterocycles. The van der Waals surface area contributed by atoms with Gasteiger partial charge < -0.3 is 10.2 Å². The lowest BCUT2D eigenvalue weighted by molar-refractivity contribution is 0.271. The van der Waals surface area contributed by atoms with Gasteiger partial charge in [0.2, 0.25) is 0 Å². The highest BCUT2D eigenvalue weighted by Crippen LogP contribution is 2.37. The van der Waals surface area contributed by atoms with E-state index in [1.54, 1.807) is 4.52 Å². The van der Waals surface area contributed by atoms with E-state index < -0.39 is 8.32 Å². The summed E-state index contributed by atoms with van der Waals surface area (Å²) in [6.07, 6.45) is 0. The number of nitrogens with zero attached hydrogens (tertiary/aromatic N) is 2. The fourth-order valence-electron chi connectivity index (χ4n) is 1.63. The summed E-state index contributed by atoms with van der Waals surface area (Å²) in [5, 5.41) is 4.70. The first-order valence-electron chi connectivity index (χ1n) is 6.58. The van der Waals surface area contributed by atoms with E-state index in [0.29, 0.717) is 12.4 Å². The monoisotopic (exact) mass is 277 g/mol. The molecule has 0 spiro atoms. The van der Waals surface area contributed by atoms with Crippen molar-refractivity contribution in [2.24, 2.45) is 0 Å². The molecule has 0 amide bonds. The highest BCUT2D eigenvalue weighted by atomic mass is 28.4. The van der Waals surface area contributed by atoms with Crippen molar-refractivity contribution in [3.05, 3.63) is 30.0 Å². The molecule has 2 aromatic rings. The SMILES string of the molecule is CC(C)(C)[Si](C)(C)OCc1cc2cccc(N)n2n1. The molecule has 2 aromatic heterocycles. The van der Waals surface area contributed by atoms with E-state index in [4.69, 9.17) is 10.2 Å². The maximum absolute atomic E-state index is 6.17. The molecular formula is C14H23N3OSi. The van der Waals surface area contributed by atoms with Gasteiger partial charge in [-0.05, 0) is 36.3 Å². The Morgan fingerprint density at radius 1 is 1.32 bits per heavy atom. The van der Waals surface area contributed by atoms with E-state index in [9.17, 15) is 0 Å². The molecule has 19 heavy (non-hydrogen) atoms. The van der Waals surface area contributed by atoms with Crippen LogP contribution in [0.2, 0.25) is 18.1 Å². The normalized spacial score (nSPS) is 13.1. The van der Waals surface area contributed by atoms with E-state index in [2.05, 4.69) is 39.0 Å². The maximum Gasteiger partial charge on any atom is 0.192 e. The van der Waals surface area contributed by atoms with Gasteiger partial charge in [-0.15, -0.1) is 0 Å². The Balaban J connectivity index is 2.17. The lowest BCUT2D eigenvalue weighted by Crippen LogP contribution is -2.40. The second kappa shape index (κ2) is 4.65. The Labute approximate surface area is 115 Å². The molecule has 0 bridgehead atoms. The third kappa shape index (κ3) is 2.82. The number of rotatable bonds is 3. The standard InChI is InChI=1S/C14H23N3OSi/c1-14(2,3)19(4,5)18-10-11-9-12-7-6-8-13(15)17(12)16-11/h6-9H,10,15H2,1-5H3. The lowest BCUT2D eigenvalue weighted by atomic mass is 10.2. The number of nitrogen functional groups attached to an aromatic ring is 1. The largest absolute Gasteiger partial charge is 0.411 e. The van der Waals surface area contributed by atoms with Crippen LogP contribution in [0.5, 0.6) is 0 Å². The molecule has 104 valence electrons. The molecule has 0 radical (unpaired) electrons. The molecule has 0 saturated carbocycles. The average molecular weight is 277 g/mol.